The van der Waals surface area contributed by atoms with Gasteiger partial charge in [0.15, 0.2) is 5.65 Å². The number of aromatic nitrogens is 3. The number of amides is 1. The molecule has 1 saturated heterocycles. The van der Waals surface area contributed by atoms with E-state index >= 15 is 4.39 Å². The first kappa shape index (κ1) is 28.9. The zero-order valence-corrected chi connectivity index (χ0v) is 25.2. The van der Waals surface area contributed by atoms with Crippen molar-refractivity contribution in [2.45, 2.75) is 58.1 Å². The van der Waals surface area contributed by atoms with Gasteiger partial charge >= 0.3 is 11.8 Å². The van der Waals surface area contributed by atoms with Gasteiger partial charge in [0, 0.05) is 25.7 Å². The molecule has 2 aromatic carbocycles. The smallest absolute Gasteiger partial charge is 0.410 e. The molecule has 0 spiro atoms. The Morgan fingerprint density at radius 1 is 1.09 bits per heavy atom. The second-order valence-electron chi connectivity index (χ2n) is 12.2. The van der Waals surface area contributed by atoms with Gasteiger partial charge in [-0.1, -0.05) is 35.9 Å². The first-order chi connectivity index (χ1) is 20.4. The van der Waals surface area contributed by atoms with Crippen LogP contribution in [0.4, 0.5) is 15.0 Å². The molecular formula is C32H33ClFN5O4. The summed E-state index contributed by atoms with van der Waals surface area (Å²) in [6, 6.07) is 13.0. The Bertz CT molecular complexity index is 1780. The number of carbonyl (C=O) groups excluding carboxylic acids is 1. The number of para-hydroxylation sites is 1. The number of aromatic hydroxyl groups is 1. The Morgan fingerprint density at radius 3 is 2.51 bits per heavy atom. The molecule has 11 heteroatoms. The third-order valence-corrected chi connectivity index (χ3v) is 8.06. The predicted molar refractivity (Wildman–Crippen MR) is 164 cm³/mol. The first-order valence-corrected chi connectivity index (χ1v) is 14.8. The summed E-state index contributed by atoms with van der Waals surface area (Å²) in [5.41, 5.74) is 0.599. The average molecular weight is 606 g/mol. The van der Waals surface area contributed by atoms with E-state index in [-0.39, 0.29) is 33.7 Å². The van der Waals surface area contributed by atoms with Crippen molar-refractivity contribution in [3.63, 3.8) is 0 Å². The van der Waals surface area contributed by atoms with E-state index < -0.39 is 23.2 Å². The molecule has 3 heterocycles. The number of carbonyl (C=O) groups is 1. The van der Waals surface area contributed by atoms with Crippen LogP contribution < -0.4 is 10.6 Å². The quantitative estimate of drug-likeness (QED) is 0.293. The molecule has 1 unspecified atom stereocenters. The van der Waals surface area contributed by atoms with Gasteiger partial charge in [-0.15, -0.1) is 0 Å². The lowest BCUT2D eigenvalue weighted by molar-refractivity contribution is 0.0218. The summed E-state index contributed by atoms with van der Waals surface area (Å²) in [4.78, 5) is 39.6. The fourth-order valence-corrected chi connectivity index (χ4v) is 5.91. The highest BCUT2D eigenvalue weighted by atomic mass is 35.5. The molecule has 224 valence electrons. The van der Waals surface area contributed by atoms with Crippen molar-refractivity contribution < 1.29 is 19.0 Å². The molecule has 0 bridgehead atoms. The Hall–Kier alpha value is -4.18. The molecule has 1 aliphatic heterocycles. The average Bonchev–Trinajstić information content (AvgIpc) is 3.78. The molecule has 2 aromatic heterocycles. The van der Waals surface area contributed by atoms with Crippen LogP contribution >= 0.6 is 11.6 Å². The largest absolute Gasteiger partial charge is 0.507 e. The summed E-state index contributed by atoms with van der Waals surface area (Å²) in [5.74, 6) is -0.319. The zero-order valence-electron chi connectivity index (χ0n) is 24.5. The number of rotatable bonds is 4. The molecule has 6 rings (SSSR count). The van der Waals surface area contributed by atoms with Crippen LogP contribution in [0.5, 0.6) is 5.75 Å². The number of ether oxygens (including phenoxy) is 1. The number of phenolic OH excluding ortho intramolecular Hbond substituents is 1. The Morgan fingerprint density at radius 2 is 1.84 bits per heavy atom. The molecule has 1 atom stereocenters. The van der Waals surface area contributed by atoms with Crippen LogP contribution in [0.25, 0.3) is 28.0 Å². The number of phenols is 1. The van der Waals surface area contributed by atoms with Crippen molar-refractivity contribution in [1.29, 1.82) is 0 Å². The van der Waals surface area contributed by atoms with E-state index in [1.165, 1.54) is 22.8 Å². The van der Waals surface area contributed by atoms with E-state index in [4.69, 9.17) is 21.3 Å². The van der Waals surface area contributed by atoms with Gasteiger partial charge in [0.2, 0.25) is 0 Å². The van der Waals surface area contributed by atoms with Crippen LogP contribution in [0.15, 0.2) is 53.3 Å². The van der Waals surface area contributed by atoms with Gasteiger partial charge in [-0.05, 0) is 76.3 Å². The van der Waals surface area contributed by atoms with E-state index in [9.17, 15) is 14.7 Å². The third kappa shape index (κ3) is 5.51. The van der Waals surface area contributed by atoms with E-state index in [0.717, 1.165) is 18.4 Å². The molecule has 2 aliphatic rings. The fraction of sp³-hybridized carbons (Fsp3) is 0.375. The number of hydrogen-bond donors (Lipinski definition) is 1. The number of benzene rings is 2. The summed E-state index contributed by atoms with van der Waals surface area (Å²) in [6.07, 6.45) is 1.63. The minimum absolute atomic E-state index is 0.0155. The van der Waals surface area contributed by atoms with Crippen molar-refractivity contribution in [2.75, 3.05) is 24.5 Å². The normalized spacial score (nSPS) is 17.4. The minimum atomic E-state index is -0.692. The number of halogens is 2. The number of fused-ring (bicyclic) bond motifs is 1. The van der Waals surface area contributed by atoms with E-state index in [1.807, 2.05) is 56.9 Å². The topological polar surface area (TPSA) is 101 Å². The van der Waals surface area contributed by atoms with Crippen LogP contribution in [0, 0.1) is 5.82 Å². The van der Waals surface area contributed by atoms with Gasteiger partial charge in [0.05, 0.1) is 27.4 Å². The molecule has 1 amide bonds. The van der Waals surface area contributed by atoms with Crippen molar-refractivity contribution in [3.05, 3.63) is 75.4 Å². The first-order valence-electron chi connectivity index (χ1n) is 14.4. The number of hydrogen-bond acceptors (Lipinski definition) is 7. The Kier molecular flexibility index (Phi) is 7.28. The van der Waals surface area contributed by atoms with Crippen molar-refractivity contribution in [1.82, 2.24) is 19.4 Å². The highest BCUT2D eigenvalue weighted by Crippen LogP contribution is 2.44. The summed E-state index contributed by atoms with van der Waals surface area (Å²) in [6.45, 7) is 8.51. The van der Waals surface area contributed by atoms with Gasteiger partial charge in [-0.3, -0.25) is 0 Å². The van der Waals surface area contributed by atoms with Crippen molar-refractivity contribution >= 4 is 34.5 Å². The lowest BCUT2D eigenvalue weighted by Gasteiger charge is -2.41. The summed E-state index contributed by atoms with van der Waals surface area (Å²) < 4.78 is 22.1. The molecule has 1 N–H and O–H groups in total. The van der Waals surface area contributed by atoms with Crippen molar-refractivity contribution in [3.8, 4) is 22.7 Å². The maximum Gasteiger partial charge on any atom is 0.410 e. The molecule has 9 nitrogen and oxygen atoms in total. The SMILES string of the molecule is CC1CN(C(=O)OC(C)(C)C)CCN1c1nc(=O)n(-c2ccccc2C2CC2)c2nc(-c3c(O)cccc3F)c(Cl)cc12. The molecule has 1 saturated carbocycles. The minimum Gasteiger partial charge on any atom is -0.507 e. The third-order valence-electron chi connectivity index (χ3n) is 7.78. The van der Waals surface area contributed by atoms with Crippen LogP contribution in [0.1, 0.15) is 52.0 Å². The fourth-order valence-electron chi connectivity index (χ4n) is 5.66. The molecule has 0 radical (unpaired) electrons. The number of nitrogens with zero attached hydrogens (tertiary/aromatic N) is 5. The Balaban J connectivity index is 1.52. The highest BCUT2D eigenvalue weighted by molar-refractivity contribution is 6.34. The van der Waals surface area contributed by atoms with Crippen molar-refractivity contribution in [2.24, 2.45) is 0 Å². The lowest BCUT2D eigenvalue weighted by atomic mass is 10.1. The number of piperazine rings is 1. The number of pyridine rings is 1. The number of anilines is 1. The maximum atomic E-state index is 15.0. The van der Waals surface area contributed by atoms with E-state index in [0.29, 0.717) is 42.4 Å². The van der Waals surface area contributed by atoms with Gasteiger partial charge in [0.25, 0.3) is 0 Å². The summed E-state index contributed by atoms with van der Waals surface area (Å²) in [7, 11) is 0. The summed E-state index contributed by atoms with van der Waals surface area (Å²) >= 11 is 6.74. The second-order valence-corrected chi connectivity index (χ2v) is 12.6. The van der Waals surface area contributed by atoms with Gasteiger partial charge in [0.1, 0.15) is 23.0 Å². The van der Waals surface area contributed by atoms with Crippen LogP contribution in [0.3, 0.4) is 0 Å². The zero-order chi connectivity index (χ0) is 30.6. The molecule has 43 heavy (non-hydrogen) atoms. The van der Waals surface area contributed by atoms with Crippen LogP contribution in [-0.4, -0.2) is 61.9 Å². The lowest BCUT2D eigenvalue weighted by Crippen LogP contribution is -2.55. The predicted octanol–water partition coefficient (Wildman–Crippen LogP) is 6.27. The molecule has 1 aliphatic carbocycles. The summed E-state index contributed by atoms with van der Waals surface area (Å²) in [5, 5.41) is 11.2. The maximum absolute atomic E-state index is 15.0. The molecule has 2 fully saturated rings. The standard InChI is InChI=1S/C32H33ClFN5O4/c1-18-17-37(31(42)43-32(2,3)4)14-15-38(18)28-21-16-22(33)27(26-23(34)9-7-11-25(26)40)35-29(21)39(30(41)36-28)24-10-6-5-8-20(24)19-12-13-19/h5-11,16,18-19,40H,12-15,17H2,1-4H3. The monoisotopic (exact) mass is 605 g/mol. The Labute approximate surface area is 253 Å². The highest BCUT2D eigenvalue weighted by Gasteiger charge is 2.33. The van der Waals surface area contributed by atoms with E-state index in [1.54, 1.807) is 11.0 Å². The van der Waals surface area contributed by atoms with Crippen LogP contribution in [0.2, 0.25) is 5.02 Å². The molecular weight excluding hydrogens is 573 g/mol. The molecule has 4 aromatic rings. The second kappa shape index (κ2) is 10.8. The van der Waals surface area contributed by atoms with Gasteiger partial charge < -0.3 is 19.6 Å². The van der Waals surface area contributed by atoms with E-state index in [2.05, 4.69) is 4.98 Å². The van der Waals surface area contributed by atoms with Crippen LogP contribution in [-0.2, 0) is 4.74 Å². The van der Waals surface area contributed by atoms with Gasteiger partial charge in [-0.25, -0.2) is 23.5 Å². The van der Waals surface area contributed by atoms with Gasteiger partial charge in [-0.2, -0.15) is 4.98 Å².